The van der Waals surface area contributed by atoms with Gasteiger partial charge in [0.05, 0.1) is 23.1 Å². The normalized spacial score (nSPS) is 13.1. The second kappa shape index (κ2) is 5.08. The second-order valence-electron chi connectivity index (χ2n) is 3.54. The van der Waals surface area contributed by atoms with E-state index in [9.17, 15) is 12.8 Å². The van der Waals surface area contributed by atoms with Crippen LogP contribution in [-0.4, -0.2) is 20.3 Å². The van der Waals surface area contributed by atoms with E-state index in [1.165, 1.54) is 19.1 Å². The lowest BCUT2D eigenvalue weighted by Crippen LogP contribution is -2.14. The molecule has 0 N–H and O–H groups in total. The van der Waals surface area contributed by atoms with Crippen molar-refractivity contribution < 1.29 is 12.8 Å². The Bertz CT molecular complexity index is 486. The molecule has 0 radical (unpaired) electrons. The van der Waals surface area contributed by atoms with Crippen LogP contribution in [0.4, 0.5) is 4.39 Å². The number of nitriles is 1. The Morgan fingerprint density at radius 2 is 1.94 bits per heavy atom. The van der Waals surface area contributed by atoms with Gasteiger partial charge >= 0.3 is 0 Å². The molecule has 0 spiro atoms. The highest BCUT2D eigenvalue weighted by molar-refractivity contribution is 7.91. The van der Waals surface area contributed by atoms with Crippen molar-refractivity contribution >= 4 is 9.84 Å². The predicted octanol–water partition coefficient (Wildman–Crippen LogP) is 1.88. The summed E-state index contributed by atoms with van der Waals surface area (Å²) >= 11 is 0. The molecule has 86 valence electrons. The van der Waals surface area contributed by atoms with Gasteiger partial charge in [-0.3, -0.25) is 0 Å². The van der Waals surface area contributed by atoms with E-state index in [-0.39, 0.29) is 11.3 Å². The molecule has 0 heterocycles. The molecule has 0 bridgehead atoms. The zero-order valence-corrected chi connectivity index (χ0v) is 9.67. The maximum absolute atomic E-state index is 12.7. The number of benzene rings is 1. The quantitative estimate of drug-likeness (QED) is 0.808. The number of nitrogens with zero attached hydrogens (tertiary/aromatic N) is 1. The van der Waals surface area contributed by atoms with E-state index in [0.717, 1.165) is 5.56 Å². The lowest BCUT2D eigenvalue weighted by Gasteiger charge is -2.05. The van der Waals surface area contributed by atoms with Crippen LogP contribution < -0.4 is 0 Å². The molecule has 1 aromatic rings. The van der Waals surface area contributed by atoms with Gasteiger partial charge in [0.2, 0.25) is 0 Å². The molecule has 1 rings (SSSR count). The molecule has 0 aliphatic heterocycles. The van der Waals surface area contributed by atoms with Crippen molar-refractivity contribution in [1.29, 1.82) is 5.26 Å². The summed E-state index contributed by atoms with van der Waals surface area (Å²) < 4.78 is 35.9. The average Bonchev–Trinajstić information content (AvgIpc) is 2.17. The molecule has 1 aromatic carbocycles. The molecule has 0 fully saturated rings. The maximum Gasteiger partial charge on any atom is 0.181 e. The van der Waals surface area contributed by atoms with E-state index in [4.69, 9.17) is 5.26 Å². The summed E-state index contributed by atoms with van der Waals surface area (Å²) in [5.74, 6) is -0.509. The van der Waals surface area contributed by atoms with Crippen molar-refractivity contribution in [1.82, 2.24) is 0 Å². The number of rotatable bonds is 4. The van der Waals surface area contributed by atoms with E-state index in [2.05, 4.69) is 0 Å². The summed E-state index contributed by atoms with van der Waals surface area (Å²) in [5.41, 5.74) is 0.745. The van der Waals surface area contributed by atoms with Gasteiger partial charge in [-0.2, -0.15) is 5.26 Å². The van der Waals surface area contributed by atoms with Gasteiger partial charge in [0.15, 0.2) is 9.84 Å². The molecule has 0 aliphatic rings. The molecule has 16 heavy (non-hydrogen) atoms. The van der Waals surface area contributed by atoms with Crippen LogP contribution in [0.1, 0.15) is 12.5 Å². The Kier molecular flexibility index (Phi) is 4.02. The summed E-state index contributed by atoms with van der Waals surface area (Å²) in [4.78, 5) is 0.0960. The fraction of sp³-hybridized carbons (Fsp3) is 0.364. The molecule has 0 amide bonds. The highest BCUT2D eigenvalue weighted by Gasteiger charge is 2.17. The first-order valence-corrected chi connectivity index (χ1v) is 6.43. The Hall–Kier alpha value is -1.41. The van der Waals surface area contributed by atoms with Crippen molar-refractivity contribution in [3.8, 4) is 6.07 Å². The highest BCUT2D eigenvalue weighted by atomic mass is 32.2. The summed E-state index contributed by atoms with van der Waals surface area (Å²) in [5, 5.41) is 8.45. The van der Waals surface area contributed by atoms with Crippen LogP contribution in [0.15, 0.2) is 29.2 Å². The van der Waals surface area contributed by atoms with Crippen LogP contribution in [0.25, 0.3) is 0 Å². The van der Waals surface area contributed by atoms with E-state index in [0.29, 0.717) is 0 Å². The summed E-state index contributed by atoms with van der Waals surface area (Å²) in [6.45, 7) is 1.21. The Balaban J connectivity index is 2.94. The van der Waals surface area contributed by atoms with Gasteiger partial charge < -0.3 is 0 Å². The van der Waals surface area contributed by atoms with E-state index >= 15 is 0 Å². The zero-order valence-electron chi connectivity index (χ0n) is 8.85. The molecular weight excluding hydrogens is 229 g/mol. The average molecular weight is 241 g/mol. The Labute approximate surface area is 94.4 Å². The van der Waals surface area contributed by atoms with Crippen LogP contribution in [0.5, 0.6) is 0 Å². The molecule has 0 saturated heterocycles. The fourth-order valence-corrected chi connectivity index (χ4v) is 2.65. The molecule has 1 unspecified atom stereocenters. The SMILES string of the molecule is CC(F)CS(=O)(=O)c1ccc(CC#N)cc1. The Morgan fingerprint density at radius 3 is 2.38 bits per heavy atom. The second-order valence-corrected chi connectivity index (χ2v) is 5.58. The maximum atomic E-state index is 12.7. The van der Waals surface area contributed by atoms with E-state index < -0.39 is 21.8 Å². The molecule has 3 nitrogen and oxygen atoms in total. The molecule has 0 aliphatic carbocycles. The van der Waals surface area contributed by atoms with Gasteiger partial charge in [0.25, 0.3) is 0 Å². The first kappa shape index (κ1) is 12.7. The molecule has 0 saturated carbocycles. The summed E-state index contributed by atoms with van der Waals surface area (Å²) in [6, 6.07) is 7.92. The van der Waals surface area contributed by atoms with Crippen LogP contribution in [-0.2, 0) is 16.3 Å². The number of halogens is 1. The van der Waals surface area contributed by atoms with Gasteiger partial charge in [-0.1, -0.05) is 12.1 Å². The standard InChI is InChI=1S/C11H12FNO2S/c1-9(12)8-16(14,15)11-4-2-10(3-5-11)6-7-13/h2-5,9H,6,8H2,1H3. The predicted molar refractivity (Wildman–Crippen MR) is 58.4 cm³/mol. The van der Waals surface area contributed by atoms with Gasteiger partial charge in [0, 0.05) is 0 Å². The van der Waals surface area contributed by atoms with Gasteiger partial charge in [-0.05, 0) is 24.6 Å². The van der Waals surface area contributed by atoms with Crippen molar-refractivity contribution in [2.75, 3.05) is 5.75 Å². The zero-order chi connectivity index (χ0) is 12.2. The topological polar surface area (TPSA) is 57.9 Å². The van der Waals surface area contributed by atoms with Crippen LogP contribution in [0.3, 0.4) is 0 Å². The minimum atomic E-state index is -3.55. The third-order valence-corrected chi connectivity index (χ3v) is 3.90. The van der Waals surface area contributed by atoms with Crippen molar-refractivity contribution in [3.63, 3.8) is 0 Å². The minimum Gasteiger partial charge on any atom is -0.247 e. The number of alkyl halides is 1. The summed E-state index contributed by atoms with van der Waals surface area (Å²) in [6.07, 6.45) is -1.15. The molecule has 5 heteroatoms. The molecular formula is C11H12FNO2S. The fourth-order valence-electron chi connectivity index (χ4n) is 1.30. The van der Waals surface area contributed by atoms with Gasteiger partial charge in [-0.15, -0.1) is 0 Å². The van der Waals surface area contributed by atoms with E-state index in [1.54, 1.807) is 12.1 Å². The van der Waals surface area contributed by atoms with Crippen molar-refractivity contribution in [2.45, 2.75) is 24.4 Å². The summed E-state index contributed by atoms with van der Waals surface area (Å²) in [7, 11) is -3.55. The lowest BCUT2D eigenvalue weighted by molar-refractivity contribution is 0.391. The van der Waals surface area contributed by atoms with E-state index in [1.807, 2.05) is 6.07 Å². The first-order chi connectivity index (χ1) is 7.45. The lowest BCUT2D eigenvalue weighted by atomic mass is 10.2. The van der Waals surface area contributed by atoms with Crippen molar-refractivity contribution in [2.24, 2.45) is 0 Å². The number of hydrogen-bond donors (Lipinski definition) is 0. The van der Waals surface area contributed by atoms with Crippen molar-refractivity contribution in [3.05, 3.63) is 29.8 Å². The van der Waals surface area contributed by atoms with Crippen LogP contribution >= 0.6 is 0 Å². The minimum absolute atomic E-state index is 0.0960. The van der Waals surface area contributed by atoms with Gasteiger partial charge in [-0.25, -0.2) is 12.8 Å². The monoisotopic (exact) mass is 241 g/mol. The van der Waals surface area contributed by atoms with Crippen LogP contribution in [0, 0.1) is 11.3 Å². The first-order valence-electron chi connectivity index (χ1n) is 4.78. The smallest absolute Gasteiger partial charge is 0.181 e. The third kappa shape index (κ3) is 3.31. The number of sulfone groups is 1. The van der Waals surface area contributed by atoms with Gasteiger partial charge in [0.1, 0.15) is 6.17 Å². The third-order valence-electron chi connectivity index (χ3n) is 2.01. The molecule has 0 aromatic heterocycles. The highest BCUT2D eigenvalue weighted by Crippen LogP contribution is 2.14. The number of hydrogen-bond acceptors (Lipinski definition) is 3. The van der Waals surface area contributed by atoms with Crippen LogP contribution in [0.2, 0.25) is 0 Å². The Morgan fingerprint density at radius 1 is 1.38 bits per heavy atom. The largest absolute Gasteiger partial charge is 0.247 e. The molecule has 1 atom stereocenters.